The van der Waals surface area contributed by atoms with Gasteiger partial charge in [-0.05, 0) is 12.8 Å². The Labute approximate surface area is 185 Å². The van der Waals surface area contributed by atoms with Crippen molar-refractivity contribution in [3.8, 4) is 0 Å². The molecule has 0 bridgehead atoms. The summed E-state index contributed by atoms with van der Waals surface area (Å²) in [6.07, 6.45) is 27.4. The Kier molecular flexibility index (Phi) is 23.4. The topological polar surface area (TPSA) is 66.8 Å². The highest BCUT2D eigenvalue weighted by atomic mass is 35.5. The van der Waals surface area contributed by atoms with Crippen LogP contribution in [-0.4, -0.2) is 22.3 Å². The lowest BCUT2D eigenvalue weighted by atomic mass is 10.0. The number of unbranched alkanes of at least 4 members (excludes halogenated alkanes) is 20. The highest BCUT2D eigenvalue weighted by Crippen LogP contribution is 2.35. The first-order valence-electron chi connectivity index (χ1n) is 12.3. The summed E-state index contributed by atoms with van der Waals surface area (Å²) in [5.74, 6) is 0.823. The molecule has 0 atom stereocenters. The molecule has 2 N–H and O–H groups in total. The van der Waals surface area contributed by atoms with Crippen LogP contribution in [0.3, 0.4) is 0 Å². The van der Waals surface area contributed by atoms with E-state index in [9.17, 15) is 4.57 Å². The zero-order valence-electron chi connectivity index (χ0n) is 18.8. The lowest BCUT2D eigenvalue weighted by molar-refractivity contribution is 0.193. The van der Waals surface area contributed by atoms with Crippen molar-refractivity contribution < 1.29 is 18.9 Å². The smallest absolute Gasteiger partial charge is 0.303 e. The fourth-order valence-electron chi connectivity index (χ4n) is 3.74. The summed E-state index contributed by atoms with van der Waals surface area (Å²) in [7, 11) is -4.27. The predicted molar refractivity (Wildman–Crippen MR) is 126 cm³/mol. The lowest BCUT2D eigenvalue weighted by Crippen LogP contribution is -1.92. The Morgan fingerprint density at radius 1 is 0.483 bits per heavy atom. The second kappa shape index (κ2) is 23.1. The van der Waals surface area contributed by atoms with Gasteiger partial charge in [-0.1, -0.05) is 122 Å². The molecule has 0 spiro atoms. The molecule has 0 saturated heterocycles. The molecule has 0 radical (unpaired) electrons. The molecule has 0 unspecified atom stereocenters. The zero-order valence-corrected chi connectivity index (χ0v) is 20.4. The van der Waals surface area contributed by atoms with Crippen LogP contribution in [0.25, 0.3) is 0 Å². The van der Waals surface area contributed by atoms with Gasteiger partial charge in [-0.15, -0.1) is 11.6 Å². The maximum absolute atomic E-state index is 10.5. The number of alkyl halides is 1. The Balaban J connectivity index is 3.02. The number of hydrogen-bond donors (Lipinski definition) is 2. The van der Waals surface area contributed by atoms with Crippen LogP contribution in [0.2, 0.25) is 0 Å². The van der Waals surface area contributed by atoms with E-state index in [1.807, 2.05) is 0 Å². The first-order valence-corrected chi connectivity index (χ1v) is 14.4. The number of phosphoric ester groups is 1. The molecule has 0 fully saturated rings. The van der Waals surface area contributed by atoms with E-state index in [0.717, 1.165) is 25.1 Å². The molecule has 0 aromatic heterocycles. The summed E-state index contributed by atoms with van der Waals surface area (Å²) in [5, 5.41) is 0. The molecule has 0 aromatic rings. The zero-order chi connectivity index (χ0) is 21.5. The van der Waals surface area contributed by atoms with Gasteiger partial charge >= 0.3 is 7.82 Å². The van der Waals surface area contributed by atoms with E-state index in [-0.39, 0.29) is 6.61 Å². The van der Waals surface area contributed by atoms with Crippen LogP contribution in [0.1, 0.15) is 135 Å². The molecular formula is C23H48ClO4P. The molecule has 0 aliphatic carbocycles. The lowest BCUT2D eigenvalue weighted by Gasteiger charge is -2.05. The summed E-state index contributed by atoms with van der Waals surface area (Å²) in [5.41, 5.74) is 0. The van der Waals surface area contributed by atoms with Gasteiger partial charge in [0.15, 0.2) is 0 Å². The minimum Gasteiger partial charge on any atom is -0.303 e. The van der Waals surface area contributed by atoms with Gasteiger partial charge in [-0.3, -0.25) is 4.52 Å². The highest BCUT2D eigenvalue weighted by Gasteiger charge is 2.12. The molecule has 4 nitrogen and oxygen atoms in total. The summed E-state index contributed by atoms with van der Waals surface area (Å²) in [4.78, 5) is 17.2. The molecule has 0 aromatic carbocycles. The fourth-order valence-corrected chi connectivity index (χ4v) is 4.29. The molecule has 0 rings (SSSR count). The summed E-state index contributed by atoms with van der Waals surface area (Å²) < 4.78 is 15.0. The molecule has 6 heteroatoms. The average Bonchev–Trinajstić information content (AvgIpc) is 2.67. The van der Waals surface area contributed by atoms with Crippen molar-refractivity contribution in [2.45, 2.75) is 135 Å². The van der Waals surface area contributed by atoms with Crippen LogP contribution in [0.5, 0.6) is 0 Å². The van der Waals surface area contributed by atoms with E-state index in [1.54, 1.807) is 0 Å². The van der Waals surface area contributed by atoms with E-state index >= 15 is 0 Å². The second-order valence-corrected chi connectivity index (χ2v) is 10.1. The van der Waals surface area contributed by atoms with Gasteiger partial charge in [0.2, 0.25) is 0 Å². The van der Waals surface area contributed by atoms with Crippen molar-refractivity contribution in [1.29, 1.82) is 0 Å². The van der Waals surface area contributed by atoms with Crippen molar-refractivity contribution in [3.05, 3.63) is 0 Å². The first-order chi connectivity index (χ1) is 14.1. The van der Waals surface area contributed by atoms with Crippen LogP contribution < -0.4 is 0 Å². The van der Waals surface area contributed by atoms with Crippen LogP contribution in [-0.2, 0) is 9.09 Å². The van der Waals surface area contributed by atoms with Crippen LogP contribution in [0, 0.1) is 0 Å². The van der Waals surface area contributed by atoms with E-state index in [2.05, 4.69) is 4.52 Å². The predicted octanol–water partition coefficient (Wildman–Crippen LogP) is 8.53. The molecule has 0 heterocycles. The molecule has 0 aliphatic rings. The Bertz CT molecular complexity index is 363. The summed E-state index contributed by atoms with van der Waals surface area (Å²) >= 11 is 5.69. The minimum absolute atomic E-state index is 0.166. The van der Waals surface area contributed by atoms with Crippen LogP contribution in [0.15, 0.2) is 0 Å². The standard InChI is InChI=1S/C23H48ClO4P/c24-22-20-18-16-14-12-10-8-6-4-2-1-3-5-7-9-11-13-15-17-19-21-23-28-29(25,26)27/h1-23H2,(H2,25,26,27). The van der Waals surface area contributed by atoms with Gasteiger partial charge in [0.1, 0.15) is 0 Å². The van der Waals surface area contributed by atoms with E-state index < -0.39 is 7.82 Å². The normalized spacial score (nSPS) is 12.0. The van der Waals surface area contributed by atoms with Crippen LogP contribution >= 0.6 is 19.4 Å². The minimum atomic E-state index is -4.27. The Hall–Kier alpha value is 0.400. The van der Waals surface area contributed by atoms with Gasteiger partial charge in [-0.25, -0.2) is 4.57 Å². The van der Waals surface area contributed by atoms with Crippen molar-refractivity contribution in [2.24, 2.45) is 0 Å². The second-order valence-electron chi connectivity index (χ2n) is 8.44. The SMILES string of the molecule is O=P(O)(O)OCCCCCCCCCCCCCCCCCCCCCCCCl. The monoisotopic (exact) mass is 454 g/mol. The van der Waals surface area contributed by atoms with Gasteiger partial charge in [0.25, 0.3) is 0 Å². The van der Waals surface area contributed by atoms with E-state index in [1.165, 1.54) is 116 Å². The third-order valence-corrected chi connectivity index (χ3v) is 6.32. The third-order valence-electron chi connectivity index (χ3n) is 5.54. The molecular weight excluding hydrogens is 407 g/mol. The maximum atomic E-state index is 10.5. The van der Waals surface area contributed by atoms with Crippen molar-refractivity contribution >= 4 is 19.4 Å². The molecule has 0 saturated carbocycles. The number of rotatable bonds is 24. The summed E-state index contributed by atoms with van der Waals surface area (Å²) in [6, 6.07) is 0. The van der Waals surface area contributed by atoms with Gasteiger partial charge < -0.3 is 9.79 Å². The Morgan fingerprint density at radius 2 is 0.724 bits per heavy atom. The van der Waals surface area contributed by atoms with Gasteiger partial charge in [0, 0.05) is 5.88 Å². The fraction of sp³-hybridized carbons (Fsp3) is 1.00. The summed E-state index contributed by atoms with van der Waals surface area (Å²) in [6.45, 7) is 0.166. The Morgan fingerprint density at radius 3 is 0.966 bits per heavy atom. The molecule has 176 valence electrons. The van der Waals surface area contributed by atoms with Crippen molar-refractivity contribution in [1.82, 2.24) is 0 Å². The maximum Gasteiger partial charge on any atom is 0.469 e. The highest BCUT2D eigenvalue weighted by molar-refractivity contribution is 7.46. The first kappa shape index (κ1) is 29.4. The molecule has 29 heavy (non-hydrogen) atoms. The van der Waals surface area contributed by atoms with E-state index in [4.69, 9.17) is 21.4 Å². The van der Waals surface area contributed by atoms with Gasteiger partial charge in [-0.2, -0.15) is 0 Å². The van der Waals surface area contributed by atoms with E-state index in [0.29, 0.717) is 0 Å². The van der Waals surface area contributed by atoms with Crippen LogP contribution in [0.4, 0.5) is 0 Å². The van der Waals surface area contributed by atoms with Crippen molar-refractivity contribution in [2.75, 3.05) is 12.5 Å². The third kappa shape index (κ3) is 28.4. The molecule has 0 amide bonds. The quantitative estimate of drug-likeness (QED) is 0.0870. The van der Waals surface area contributed by atoms with Gasteiger partial charge in [0.05, 0.1) is 6.61 Å². The number of hydrogen-bond acceptors (Lipinski definition) is 2. The molecule has 0 aliphatic heterocycles. The largest absolute Gasteiger partial charge is 0.469 e. The number of halogens is 1. The average molecular weight is 455 g/mol. The number of phosphoric acid groups is 1. The van der Waals surface area contributed by atoms with Crippen molar-refractivity contribution in [3.63, 3.8) is 0 Å².